The Hall–Kier alpha value is -1.37. The molecule has 114 valence electrons. The number of methoxy groups -OCH3 is 1. The van der Waals surface area contributed by atoms with Crippen LogP contribution in [0.1, 0.15) is 10.4 Å². The van der Waals surface area contributed by atoms with Crippen LogP contribution in [0.5, 0.6) is 5.75 Å². The summed E-state index contributed by atoms with van der Waals surface area (Å²) in [5.41, 5.74) is 11.3. The Morgan fingerprint density at radius 1 is 1.30 bits per heavy atom. The van der Waals surface area contributed by atoms with Crippen LogP contribution in [0.3, 0.4) is 0 Å². The van der Waals surface area contributed by atoms with E-state index in [2.05, 4.69) is 4.99 Å². The average molecular weight is 344 g/mol. The first-order valence-corrected chi connectivity index (χ1v) is 5.43. The summed E-state index contributed by atoms with van der Waals surface area (Å²) in [6.45, 7) is 0. The highest BCUT2D eigenvalue weighted by Crippen LogP contribution is 2.36. The Morgan fingerprint density at radius 2 is 1.85 bits per heavy atom. The molecule has 0 fully saturated rings. The Bertz CT molecular complexity index is 503. The summed E-state index contributed by atoms with van der Waals surface area (Å²) in [5, 5.41) is 0.317. The third-order valence-electron chi connectivity index (χ3n) is 2.19. The van der Waals surface area contributed by atoms with Gasteiger partial charge in [0.2, 0.25) is 0 Å². The maximum atomic E-state index is 11.7. The number of carbonyl (C=O) groups is 1. The first-order chi connectivity index (χ1) is 8.36. The Kier molecular flexibility index (Phi) is 9.14. The van der Waals surface area contributed by atoms with E-state index in [9.17, 15) is 4.79 Å². The summed E-state index contributed by atoms with van der Waals surface area (Å²) in [5.74, 6) is -0.357. The Labute approximate surface area is 134 Å². The largest absolute Gasteiger partial charge is 0.493 e. The summed E-state index contributed by atoms with van der Waals surface area (Å²) in [6, 6.07) is 3.07. The number of benzene rings is 1. The monoisotopic (exact) mass is 342 g/mol. The predicted molar refractivity (Wildman–Crippen MR) is 87.0 cm³/mol. The molecular weight excluding hydrogens is 327 g/mol. The number of hydrogen-bond donors (Lipinski definition) is 2. The van der Waals surface area contributed by atoms with E-state index in [4.69, 9.17) is 27.8 Å². The fraction of sp³-hybridized carbons (Fsp3) is 0.273. The number of ether oxygens (including phenoxy) is 1. The lowest BCUT2D eigenvalue weighted by molar-refractivity contribution is 0.100. The number of hydrogen-bond acceptors (Lipinski definition) is 3. The number of rotatable bonds is 3. The quantitative estimate of drug-likeness (QED) is 0.643. The van der Waals surface area contributed by atoms with Crippen molar-refractivity contribution in [2.75, 3.05) is 26.1 Å². The van der Waals surface area contributed by atoms with Crippen molar-refractivity contribution in [1.29, 1.82) is 0 Å². The van der Waals surface area contributed by atoms with Crippen LogP contribution in [0, 0.1) is 0 Å². The second-order valence-corrected chi connectivity index (χ2v) is 4.15. The van der Waals surface area contributed by atoms with Gasteiger partial charge in [-0.25, -0.2) is 0 Å². The molecule has 0 spiro atoms. The zero-order chi connectivity index (χ0) is 13.9. The molecule has 0 aromatic heterocycles. The molecular formula is C11H17Cl3N4O2. The van der Waals surface area contributed by atoms with Gasteiger partial charge < -0.3 is 21.1 Å². The zero-order valence-corrected chi connectivity index (χ0v) is 13.6. The highest BCUT2D eigenvalue weighted by Gasteiger charge is 2.15. The molecule has 1 aromatic rings. The number of nitrogens with two attached hydrogens (primary N) is 2. The molecule has 0 aliphatic heterocycles. The lowest BCUT2D eigenvalue weighted by Gasteiger charge is -2.18. The van der Waals surface area contributed by atoms with Crippen LogP contribution in [0.2, 0.25) is 5.02 Å². The predicted octanol–water partition coefficient (Wildman–Crippen LogP) is 1.67. The van der Waals surface area contributed by atoms with E-state index in [1.165, 1.54) is 13.2 Å². The molecule has 4 N–H and O–H groups in total. The molecule has 20 heavy (non-hydrogen) atoms. The number of amides is 1. The minimum atomic E-state index is -0.553. The van der Waals surface area contributed by atoms with Crippen molar-refractivity contribution in [2.45, 2.75) is 0 Å². The van der Waals surface area contributed by atoms with E-state index in [1.807, 2.05) is 14.1 Å². The standard InChI is InChI=1S/C11H15ClN4O2.2ClH/c1-16(2)8-5-6(10(17)15-11(13)14)4-7(12)9(8)18-3;;/h4-5H,1-3H3,(H4,13,14,15,17);2*1H. The highest BCUT2D eigenvalue weighted by molar-refractivity contribution is 6.33. The van der Waals surface area contributed by atoms with Crippen LogP contribution >= 0.6 is 36.4 Å². The SMILES string of the molecule is COc1c(Cl)cc(C(=O)N=C(N)N)cc1N(C)C.Cl.Cl. The van der Waals surface area contributed by atoms with E-state index in [0.29, 0.717) is 16.5 Å². The second kappa shape index (κ2) is 8.73. The van der Waals surface area contributed by atoms with E-state index >= 15 is 0 Å². The smallest absolute Gasteiger partial charge is 0.280 e. The summed E-state index contributed by atoms with van der Waals surface area (Å²) >= 11 is 6.04. The zero-order valence-electron chi connectivity index (χ0n) is 11.2. The first kappa shape index (κ1) is 20.9. The molecule has 0 aliphatic rings. The molecule has 1 aromatic carbocycles. The topological polar surface area (TPSA) is 93.9 Å². The van der Waals surface area contributed by atoms with Crippen molar-refractivity contribution in [3.05, 3.63) is 22.7 Å². The summed E-state index contributed by atoms with van der Waals surface area (Å²) in [4.78, 5) is 17.0. The third-order valence-corrected chi connectivity index (χ3v) is 2.47. The molecule has 6 nitrogen and oxygen atoms in total. The average Bonchev–Trinajstić information content (AvgIpc) is 2.26. The molecule has 0 saturated heterocycles. The minimum absolute atomic E-state index is 0. The van der Waals surface area contributed by atoms with Crippen LogP contribution < -0.4 is 21.1 Å². The van der Waals surface area contributed by atoms with Gasteiger partial charge in [-0.1, -0.05) is 11.6 Å². The van der Waals surface area contributed by atoms with Crippen molar-refractivity contribution in [3.8, 4) is 5.75 Å². The lowest BCUT2D eigenvalue weighted by Crippen LogP contribution is -2.24. The molecule has 0 aliphatic carbocycles. The van der Waals surface area contributed by atoms with Gasteiger partial charge in [0.1, 0.15) is 0 Å². The van der Waals surface area contributed by atoms with Crippen molar-refractivity contribution in [2.24, 2.45) is 16.5 Å². The van der Waals surface area contributed by atoms with Crippen LogP contribution in [0.4, 0.5) is 5.69 Å². The van der Waals surface area contributed by atoms with Crippen LogP contribution in [-0.4, -0.2) is 33.1 Å². The number of aliphatic imine (C=N–C) groups is 1. The van der Waals surface area contributed by atoms with Crippen LogP contribution in [0.15, 0.2) is 17.1 Å². The van der Waals surface area contributed by atoms with E-state index in [0.717, 1.165) is 0 Å². The minimum Gasteiger partial charge on any atom is -0.493 e. The van der Waals surface area contributed by atoms with Crippen molar-refractivity contribution < 1.29 is 9.53 Å². The normalized spacial score (nSPS) is 8.80. The number of anilines is 1. The van der Waals surface area contributed by atoms with E-state index in [-0.39, 0.29) is 36.3 Å². The van der Waals surface area contributed by atoms with Gasteiger partial charge in [0, 0.05) is 19.7 Å². The van der Waals surface area contributed by atoms with Gasteiger partial charge in [-0.3, -0.25) is 4.79 Å². The summed E-state index contributed by atoms with van der Waals surface area (Å²) < 4.78 is 5.18. The van der Waals surface area contributed by atoms with Gasteiger partial charge in [0.05, 0.1) is 17.8 Å². The molecule has 1 amide bonds. The van der Waals surface area contributed by atoms with E-state index < -0.39 is 5.91 Å². The number of nitrogens with zero attached hydrogens (tertiary/aromatic N) is 2. The maximum Gasteiger partial charge on any atom is 0.280 e. The van der Waals surface area contributed by atoms with Gasteiger partial charge in [-0.05, 0) is 12.1 Å². The molecule has 0 bridgehead atoms. The molecule has 0 unspecified atom stereocenters. The second-order valence-electron chi connectivity index (χ2n) is 3.75. The van der Waals surface area contributed by atoms with Gasteiger partial charge >= 0.3 is 0 Å². The third kappa shape index (κ3) is 4.96. The fourth-order valence-electron chi connectivity index (χ4n) is 1.42. The van der Waals surface area contributed by atoms with Crippen molar-refractivity contribution >= 4 is 54.0 Å². The van der Waals surface area contributed by atoms with Gasteiger partial charge in [-0.15, -0.1) is 24.8 Å². The summed E-state index contributed by atoms with van der Waals surface area (Å²) in [7, 11) is 5.12. The first-order valence-electron chi connectivity index (χ1n) is 5.05. The number of halogens is 3. The molecule has 0 heterocycles. The van der Waals surface area contributed by atoms with Gasteiger partial charge in [-0.2, -0.15) is 4.99 Å². The number of guanidine groups is 1. The molecule has 0 atom stereocenters. The van der Waals surface area contributed by atoms with E-state index in [1.54, 1.807) is 11.0 Å². The van der Waals surface area contributed by atoms with Crippen LogP contribution in [0.25, 0.3) is 0 Å². The Morgan fingerprint density at radius 3 is 2.25 bits per heavy atom. The lowest BCUT2D eigenvalue weighted by atomic mass is 10.1. The number of carbonyl (C=O) groups excluding carboxylic acids is 1. The molecule has 0 radical (unpaired) electrons. The van der Waals surface area contributed by atoms with Crippen LogP contribution in [-0.2, 0) is 0 Å². The summed E-state index contributed by atoms with van der Waals surface area (Å²) in [6.07, 6.45) is 0. The fourth-order valence-corrected chi connectivity index (χ4v) is 1.71. The van der Waals surface area contributed by atoms with Gasteiger partial charge in [0.25, 0.3) is 5.91 Å². The van der Waals surface area contributed by atoms with Crippen molar-refractivity contribution in [3.63, 3.8) is 0 Å². The van der Waals surface area contributed by atoms with Gasteiger partial charge in [0.15, 0.2) is 11.7 Å². The van der Waals surface area contributed by atoms with Crippen molar-refractivity contribution in [1.82, 2.24) is 0 Å². The molecule has 9 heteroatoms. The Balaban J connectivity index is 0. The molecule has 1 rings (SSSR count). The molecule has 0 saturated carbocycles. The maximum absolute atomic E-state index is 11.7. The highest BCUT2D eigenvalue weighted by atomic mass is 35.5.